The van der Waals surface area contributed by atoms with Gasteiger partial charge in [0.05, 0.1) is 30.1 Å². The summed E-state index contributed by atoms with van der Waals surface area (Å²) >= 11 is 6.06. The van der Waals surface area contributed by atoms with Crippen molar-refractivity contribution in [3.8, 4) is 0 Å². The van der Waals surface area contributed by atoms with E-state index >= 15 is 0 Å². The van der Waals surface area contributed by atoms with Crippen LogP contribution in [0.25, 0.3) is 0 Å². The third kappa shape index (κ3) is 2.97. The molecule has 0 aromatic carbocycles. The van der Waals surface area contributed by atoms with Gasteiger partial charge in [-0.2, -0.15) is 5.10 Å². The lowest BCUT2D eigenvalue weighted by molar-refractivity contribution is 0.0361. The minimum atomic E-state index is -0.934. The number of methoxy groups -OCH3 is 1. The Morgan fingerprint density at radius 2 is 2.31 bits per heavy atom. The lowest BCUT2D eigenvalue weighted by Gasteiger charge is -2.24. The molecule has 1 aromatic rings. The molecule has 0 saturated carbocycles. The van der Waals surface area contributed by atoms with Crippen LogP contribution in [0.3, 0.4) is 0 Å². The van der Waals surface area contributed by atoms with Crippen molar-refractivity contribution >= 4 is 11.6 Å². The zero-order valence-corrected chi connectivity index (χ0v) is 10.8. The Hall–Kier alpha value is -0.580. The zero-order chi connectivity index (χ0) is 12.2. The van der Waals surface area contributed by atoms with E-state index in [0.29, 0.717) is 30.3 Å². The highest BCUT2D eigenvalue weighted by Crippen LogP contribution is 2.31. The number of aliphatic hydroxyl groups is 1. The zero-order valence-electron chi connectivity index (χ0n) is 10.0. The van der Waals surface area contributed by atoms with E-state index < -0.39 is 5.60 Å². The van der Waals surface area contributed by atoms with Crippen LogP contribution >= 0.6 is 11.6 Å². The van der Waals surface area contributed by atoms with Gasteiger partial charge in [0.1, 0.15) is 5.60 Å². The first-order chi connectivity index (χ1) is 7.53. The molecule has 0 bridgehead atoms. The molecule has 1 rings (SSSR count). The van der Waals surface area contributed by atoms with Crippen molar-refractivity contribution in [2.75, 3.05) is 13.7 Å². The van der Waals surface area contributed by atoms with Crippen molar-refractivity contribution in [1.82, 2.24) is 9.78 Å². The second-order valence-corrected chi connectivity index (χ2v) is 4.49. The molecule has 0 radical (unpaired) electrons. The van der Waals surface area contributed by atoms with Crippen LogP contribution in [0.5, 0.6) is 0 Å². The maximum atomic E-state index is 10.3. The largest absolute Gasteiger partial charge is 0.384 e. The molecule has 0 aliphatic rings. The van der Waals surface area contributed by atoms with Gasteiger partial charge in [0.25, 0.3) is 0 Å². The van der Waals surface area contributed by atoms with Crippen LogP contribution in [0.2, 0.25) is 5.02 Å². The molecular weight excluding hydrogens is 228 g/mol. The van der Waals surface area contributed by atoms with E-state index in [2.05, 4.69) is 5.10 Å². The van der Waals surface area contributed by atoms with Crippen LogP contribution in [0.4, 0.5) is 0 Å². The predicted molar refractivity (Wildman–Crippen MR) is 63.6 cm³/mol. The first kappa shape index (κ1) is 13.5. The van der Waals surface area contributed by atoms with E-state index in [4.69, 9.17) is 16.3 Å². The molecule has 0 saturated heterocycles. The summed E-state index contributed by atoms with van der Waals surface area (Å²) in [7, 11) is 1.63. The number of ether oxygens (including phenoxy) is 1. The van der Waals surface area contributed by atoms with Gasteiger partial charge in [0.2, 0.25) is 0 Å². The Morgan fingerprint density at radius 1 is 1.62 bits per heavy atom. The fourth-order valence-corrected chi connectivity index (χ4v) is 2.20. The lowest BCUT2D eigenvalue weighted by Crippen LogP contribution is -2.26. The van der Waals surface area contributed by atoms with Gasteiger partial charge in [0.15, 0.2) is 0 Å². The van der Waals surface area contributed by atoms with E-state index in [1.165, 1.54) is 0 Å². The fourth-order valence-electron chi connectivity index (χ4n) is 1.85. The number of nitrogens with zero attached hydrogens (tertiary/aromatic N) is 2. The Balaban J connectivity index is 2.96. The van der Waals surface area contributed by atoms with Crippen LogP contribution in [0.1, 0.15) is 32.4 Å². The monoisotopic (exact) mass is 246 g/mol. The maximum Gasteiger partial charge on any atom is 0.105 e. The summed E-state index contributed by atoms with van der Waals surface area (Å²) < 4.78 is 6.71. The molecule has 5 heteroatoms. The highest BCUT2D eigenvalue weighted by Gasteiger charge is 2.29. The number of rotatable bonds is 6. The van der Waals surface area contributed by atoms with Crippen LogP contribution in [0, 0.1) is 0 Å². The molecule has 0 spiro atoms. The Kier molecular flexibility index (Phi) is 4.77. The highest BCUT2D eigenvalue weighted by atomic mass is 35.5. The molecule has 0 aliphatic heterocycles. The van der Waals surface area contributed by atoms with Crippen molar-refractivity contribution in [3.05, 3.63) is 16.9 Å². The molecule has 1 N–H and O–H groups in total. The smallest absolute Gasteiger partial charge is 0.105 e. The van der Waals surface area contributed by atoms with Gasteiger partial charge in [-0.15, -0.1) is 0 Å². The summed E-state index contributed by atoms with van der Waals surface area (Å²) in [5.41, 5.74) is -0.260. The molecule has 1 unspecified atom stereocenters. The summed E-state index contributed by atoms with van der Waals surface area (Å²) in [5, 5.41) is 15.0. The van der Waals surface area contributed by atoms with Gasteiger partial charge in [-0.05, 0) is 13.3 Å². The lowest BCUT2D eigenvalue weighted by atomic mass is 9.96. The Labute approximate surface area is 101 Å². The molecule has 1 aromatic heterocycles. The van der Waals surface area contributed by atoms with Crippen molar-refractivity contribution in [3.63, 3.8) is 0 Å². The van der Waals surface area contributed by atoms with Crippen molar-refractivity contribution < 1.29 is 9.84 Å². The van der Waals surface area contributed by atoms with Crippen LogP contribution in [0.15, 0.2) is 6.20 Å². The number of halogens is 1. The van der Waals surface area contributed by atoms with Gasteiger partial charge >= 0.3 is 0 Å². The minimum Gasteiger partial charge on any atom is -0.384 e. The SMILES string of the molecule is CCCC(C)(O)c1c(Cl)cnn1CCOC. The maximum absolute atomic E-state index is 10.3. The molecule has 92 valence electrons. The van der Waals surface area contributed by atoms with Gasteiger partial charge in [-0.25, -0.2) is 0 Å². The van der Waals surface area contributed by atoms with E-state index in [1.54, 1.807) is 24.9 Å². The van der Waals surface area contributed by atoms with E-state index in [-0.39, 0.29) is 0 Å². The standard InChI is InChI=1S/C11H19ClN2O2/c1-4-5-11(2,15)10-9(12)8-13-14(10)6-7-16-3/h8,15H,4-7H2,1-3H3. The quantitative estimate of drug-likeness (QED) is 0.837. The first-order valence-corrected chi connectivity index (χ1v) is 5.83. The van der Waals surface area contributed by atoms with Gasteiger partial charge in [-0.3, -0.25) is 4.68 Å². The summed E-state index contributed by atoms with van der Waals surface area (Å²) in [6.07, 6.45) is 3.11. The minimum absolute atomic E-state index is 0.509. The van der Waals surface area contributed by atoms with Gasteiger partial charge in [-0.1, -0.05) is 24.9 Å². The third-order valence-corrected chi connectivity index (χ3v) is 2.83. The van der Waals surface area contributed by atoms with E-state index in [9.17, 15) is 5.11 Å². The fraction of sp³-hybridized carbons (Fsp3) is 0.727. The molecule has 1 heterocycles. The van der Waals surface area contributed by atoms with Crippen molar-refractivity contribution in [2.24, 2.45) is 0 Å². The molecule has 1 atom stereocenters. The second kappa shape index (κ2) is 5.66. The summed E-state index contributed by atoms with van der Waals surface area (Å²) in [6.45, 7) is 4.94. The topological polar surface area (TPSA) is 47.3 Å². The van der Waals surface area contributed by atoms with Crippen molar-refractivity contribution in [1.29, 1.82) is 0 Å². The normalized spacial score (nSPS) is 15.1. The molecule has 0 aliphatic carbocycles. The Bertz CT molecular complexity index is 337. The first-order valence-electron chi connectivity index (χ1n) is 5.46. The average molecular weight is 247 g/mol. The van der Waals surface area contributed by atoms with E-state index in [0.717, 1.165) is 6.42 Å². The highest BCUT2D eigenvalue weighted by molar-refractivity contribution is 6.31. The molecule has 0 amide bonds. The summed E-state index contributed by atoms with van der Waals surface area (Å²) in [6, 6.07) is 0. The summed E-state index contributed by atoms with van der Waals surface area (Å²) in [4.78, 5) is 0. The van der Waals surface area contributed by atoms with E-state index in [1.807, 2.05) is 6.92 Å². The van der Waals surface area contributed by atoms with Crippen LogP contribution in [-0.4, -0.2) is 28.6 Å². The number of aromatic nitrogens is 2. The van der Waals surface area contributed by atoms with Crippen molar-refractivity contribution in [2.45, 2.75) is 38.8 Å². The Morgan fingerprint density at radius 3 is 2.88 bits per heavy atom. The molecular formula is C11H19ClN2O2. The second-order valence-electron chi connectivity index (χ2n) is 4.08. The number of hydrogen-bond acceptors (Lipinski definition) is 3. The van der Waals surface area contributed by atoms with Gasteiger partial charge < -0.3 is 9.84 Å². The van der Waals surface area contributed by atoms with Crippen LogP contribution in [-0.2, 0) is 16.9 Å². The number of hydrogen-bond donors (Lipinski definition) is 1. The average Bonchev–Trinajstić information content (AvgIpc) is 2.57. The van der Waals surface area contributed by atoms with Gasteiger partial charge in [0, 0.05) is 7.11 Å². The molecule has 0 fully saturated rings. The predicted octanol–water partition coefficient (Wildman–Crippen LogP) is 2.19. The van der Waals surface area contributed by atoms with Crippen LogP contribution < -0.4 is 0 Å². The third-order valence-electron chi connectivity index (χ3n) is 2.55. The summed E-state index contributed by atoms with van der Waals surface area (Å²) in [5.74, 6) is 0. The molecule has 4 nitrogen and oxygen atoms in total. The molecule has 16 heavy (non-hydrogen) atoms.